The molecule has 0 aliphatic heterocycles. The number of fused-ring (bicyclic) bond motifs is 4. The molecule has 2 heterocycles. The Morgan fingerprint density at radius 1 is 0.562 bits per heavy atom. The molecule has 0 unspecified atom stereocenters. The Morgan fingerprint density at radius 3 is 1.85 bits per heavy atom. The fourth-order valence-electron chi connectivity index (χ4n) is 7.19. The molecule has 8 rings (SSSR count). The highest BCUT2D eigenvalue weighted by molar-refractivity contribution is 6.10. The van der Waals surface area contributed by atoms with Crippen LogP contribution >= 0.6 is 0 Å². The average Bonchev–Trinajstić information content (AvgIpc) is 3.63. The molecule has 6 aromatic carbocycles. The molecule has 8 aromatic rings. The summed E-state index contributed by atoms with van der Waals surface area (Å²) in [5.74, 6) is 0. The van der Waals surface area contributed by atoms with Gasteiger partial charge in [0, 0.05) is 33.1 Å². The van der Waals surface area contributed by atoms with E-state index in [1.54, 1.807) is 0 Å². The van der Waals surface area contributed by atoms with E-state index < -0.39 is 0 Å². The molecule has 48 heavy (non-hydrogen) atoms. The van der Waals surface area contributed by atoms with E-state index in [1.807, 2.05) is 37.3 Å². The molecule has 2 aromatic heterocycles. The molecule has 4 nitrogen and oxygen atoms in total. The first-order chi connectivity index (χ1) is 23.6. The van der Waals surface area contributed by atoms with E-state index in [1.165, 1.54) is 10.8 Å². The van der Waals surface area contributed by atoms with Crippen LogP contribution in [0.3, 0.4) is 0 Å². The summed E-state index contributed by atoms with van der Waals surface area (Å²) in [4.78, 5) is 0. The number of hydrogen-bond donors (Lipinski definition) is 0. The molecule has 0 bridgehead atoms. The van der Waals surface area contributed by atoms with E-state index in [-0.39, 0.29) is 0 Å². The molecular formula is C44H30N4. The summed E-state index contributed by atoms with van der Waals surface area (Å²) in [7, 11) is 0. The zero-order chi connectivity index (χ0) is 32.8. The highest BCUT2D eigenvalue weighted by Gasteiger charge is 2.19. The zero-order valence-corrected chi connectivity index (χ0v) is 26.6. The van der Waals surface area contributed by atoms with Crippen LogP contribution in [0.2, 0.25) is 0 Å². The molecule has 0 fully saturated rings. The number of nitriles is 2. The molecular weight excluding hydrogens is 585 g/mol. The van der Waals surface area contributed by atoms with Crippen molar-refractivity contribution in [2.24, 2.45) is 0 Å². The third-order valence-electron chi connectivity index (χ3n) is 9.33. The number of rotatable bonds is 5. The number of allylic oxidation sites excluding steroid dienone is 1. The fraction of sp³-hybridized carbons (Fsp3) is 0.0455. The van der Waals surface area contributed by atoms with Gasteiger partial charge < -0.3 is 9.13 Å². The molecule has 0 N–H and O–H groups in total. The third-order valence-corrected chi connectivity index (χ3v) is 9.33. The van der Waals surface area contributed by atoms with Crippen LogP contribution in [0.15, 0.2) is 140 Å². The summed E-state index contributed by atoms with van der Waals surface area (Å²) < 4.78 is 4.47. The molecule has 0 atom stereocenters. The first-order valence-electron chi connectivity index (χ1n) is 16.0. The quantitative estimate of drug-likeness (QED) is 0.194. The van der Waals surface area contributed by atoms with Gasteiger partial charge in [-0.2, -0.15) is 10.5 Å². The van der Waals surface area contributed by atoms with Gasteiger partial charge in [0.05, 0.1) is 39.4 Å². The van der Waals surface area contributed by atoms with Crippen molar-refractivity contribution >= 4 is 38.8 Å². The molecule has 0 aliphatic carbocycles. The monoisotopic (exact) mass is 614 g/mol. The first-order valence-corrected chi connectivity index (χ1v) is 16.0. The van der Waals surface area contributed by atoms with E-state index in [2.05, 4.69) is 143 Å². The number of aromatic nitrogens is 2. The molecule has 0 saturated carbocycles. The minimum absolute atomic E-state index is 0.626. The van der Waals surface area contributed by atoms with Crippen LogP contribution in [0, 0.1) is 29.6 Å². The first kappa shape index (κ1) is 28.8. The van der Waals surface area contributed by atoms with Crippen LogP contribution in [-0.4, -0.2) is 9.13 Å². The standard InChI is InChI=1S/C44H30N4/c1-3-11-39-29(2)36-18-9-15-34(28-46)44(36)47(39)35-24-22-30(23-25-35)31-12-8-13-32(26-31)43-33(27-45)14-10-21-42(43)48-40-19-6-4-16-37(40)38-17-5-7-20-41(38)48/h3-26H,1-2H3/b11-3-. The lowest BCUT2D eigenvalue weighted by atomic mass is 9.94. The van der Waals surface area contributed by atoms with Gasteiger partial charge in [-0.25, -0.2) is 0 Å². The lowest BCUT2D eigenvalue weighted by molar-refractivity contribution is 1.09. The van der Waals surface area contributed by atoms with E-state index in [4.69, 9.17) is 0 Å². The summed E-state index contributed by atoms with van der Waals surface area (Å²) >= 11 is 0. The largest absolute Gasteiger partial charge is 0.309 e. The lowest BCUT2D eigenvalue weighted by Gasteiger charge is -2.16. The number of para-hydroxylation sites is 3. The van der Waals surface area contributed by atoms with Crippen molar-refractivity contribution in [3.8, 4) is 45.8 Å². The second-order valence-electron chi connectivity index (χ2n) is 12.0. The fourth-order valence-corrected chi connectivity index (χ4v) is 7.19. The van der Waals surface area contributed by atoms with E-state index >= 15 is 0 Å². The predicted molar refractivity (Wildman–Crippen MR) is 197 cm³/mol. The normalized spacial score (nSPS) is 11.4. The average molecular weight is 615 g/mol. The molecule has 0 radical (unpaired) electrons. The van der Waals surface area contributed by atoms with Gasteiger partial charge in [-0.3, -0.25) is 0 Å². The van der Waals surface area contributed by atoms with Crippen molar-refractivity contribution in [2.75, 3.05) is 0 Å². The summed E-state index contributed by atoms with van der Waals surface area (Å²) in [6.07, 6.45) is 4.14. The van der Waals surface area contributed by atoms with E-state index in [9.17, 15) is 10.5 Å². The van der Waals surface area contributed by atoms with Gasteiger partial charge in [0.1, 0.15) is 6.07 Å². The van der Waals surface area contributed by atoms with Crippen LogP contribution < -0.4 is 0 Å². The predicted octanol–water partition coefficient (Wildman–Crippen LogP) is 11.1. The van der Waals surface area contributed by atoms with Gasteiger partial charge in [-0.15, -0.1) is 0 Å². The molecule has 0 saturated heterocycles. The van der Waals surface area contributed by atoms with Crippen LogP contribution in [0.5, 0.6) is 0 Å². The number of aryl methyl sites for hydroxylation is 1. The van der Waals surface area contributed by atoms with Crippen molar-refractivity contribution in [3.63, 3.8) is 0 Å². The Labute approximate surface area is 279 Å². The van der Waals surface area contributed by atoms with E-state index in [0.29, 0.717) is 11.1 Å². The highest BCUT2D eigenvalue weighted by Crippen LogP contribution is 2.39. The topological polar surface area (TPSA) is 57.4 Å². The Kier molecular flexibility index (Phi) is 6.98. The Morgan fingerprint density at radius 2 is 1.17 bits per heavy atom. The molecule has 4 heteroatoms. The summed E-state index contributed by atoms with van der Waals surface area (Å²) in [5.41, 5.74) is 12.6. The van der Waals surface area contributed by atoms with Crippen molar-refractivity contribution in [1.82, 2.24) is 9.13 Å². The van der Waals surface area contributed by atoms with Crippen LogP contribution in [0.4, 0.5) is 0 Å². The SMILES string of the molecule is C/C=C\c1c(C)c2cccc(C#N)c2n1-c1ccc(-c2cccc(-c3c(C#N)cccc3-n3c4ccccc4c4ccccc43)c2)cc1. The third kappa shape index (κ3) is 4.43. The van der Waals surface area contributed by atoms with Gasteiger partial charge in [0.25, 0.3) is 0 Å². The Balaban J connectivity index is 1.27. The van der Waals surface area contributed by atoms with Gasteiger partial charge >= 0.3 is 0 Å². The molecule has 0 spiro atoms. The van der Waals surface area contributed by atoms with Gasteiger partial charge in [0.15, 0.2) is 0 Å². The Bertz CT molecular complexity index is 2600. The summed E-state index contributed by atoms with van der Waals surface area (Å²) in [6.45, 7) is 4.13. The van der Waals surface area contributed by atoms with E-state index in [0.717, 1.165) is 66.8 Å². The van der Waals surface area contributed by atoms with Crippen molar-refractivity contribution in [2.45, 2.75) is 13.8 Å². The van der Waals surface area contributed by atoms with Crippen molar-refractivity contribution < 1.29 is 0 Å². The van der Waals surface area contributed by atoms with Crippen LogP contribution in [-0.2, 0) is 0 Å². The summed E-state index contributed by atoms with van der Waals surface area (Å²) in [6, 6.07) is 50.6. The molecule has 0 aliphatic rings. The van der Waals surface area contributed by atoms with Gasteiger partial charge in [0.2, 0.25) is 0 Å². The van der Waals surface area contributed by atoms with Crippen molar-refractivity contribution in [1.29, 1.82) is 10.5 Å². The van der Waals surface area contributed by atoms with Crippen LogP contribution in [0.1, 0.15) is 29.3 Å². The Hall–Kier alpha value is -6.62. The number of benzene rings is 6. The van der Waals surface area contributed by atoms with Crippen molar-refractivity contribution in [3.05, 3.63) is 162 Å². The van der Waals surface area contributed by atoms with Crippen LogP contribution in [0.25, 0.3) is 72.4 Å². The maximum Gasteiger partial charge on any atom is 0.101 e. The maximum atomic E-state index is 10.3. The number of nitrogens with zero attached hydrogens (tertiary/aromatic N) is 4. The maximum absolute atomic E-state index is 10.3. The second-order valence-corrected chi connectivity index (χ2v) is 12.0. The minimum Gasteiger partial charge on any atom is -0.309 e. The second kappa shape index (κ2) is 11.6. The summed E-state index contributed by atoms with van der Waals surface area (Å²) in [5, 5.41) is 23.7. The smallest absolute Gasteiger partial charge is 0.101 e. The molecule has 0 amide bonds. The van der Waals surface area contributed by atoms with Gasteiger partial charge in [-0.05, 0) is 90.7 Å². The minimum atomic E-state index is 0.626. The highest BCUT2D eigenvalue weighted by atomic mass is 15.0. The molecule has 226 valence electrons. The zero-order valence-electron chi connectivity index (χ0n) is 26.6. The lowest BCUT2D eigenvalue weighted by Crippen LogP contribution is -2.00. The van der Waals surface area contributed by atoms with Gasteiger partial charge in [-0.1, -0.05) is 91.0 Å². The number of hydrogen-bond acceptors (Lipinski definition) is 2.